The van der Waals surface area contributed by atoms with E-state index in [2.05, 4.69) is 4.98 Å². The highest BCUT2D eigenvalue weighted by atomic mass is 16.5. The van der Waals surface area contributed by atoms with Gasteiger partial charge in [0, 0.05) is 18.8 Å². The van der Waals surface area contributed by atoms with Crippen LogP contribution in [0.5, 0.6) is 5.75 Å². The Labute approximate surface area is 138 Å². The maximum atomic E-state index is 11.8. The van der Waals surface area contributed by atoms with Gasteiger partial charge in [-0.25, -0.2) is 4.98 Å². The number of aryl methyl sites for hydroxylation is 1. The summed E-state index contributed by atoms with van der Waals surface area (Å²) in [4.78, 5) is 29.6. The van der Waals surface area contributed by atoms with E-state index in [0.717, 1.165) is 17.4 Å². The Morgan fingerprint density at radius 1 is 1.25 bits per heavy atom. The third-order valence-corrected chi connectivity index (χ3v) is 4.25. The Morgan fingerprint density at radius 3 is 2.88 bits per heavy atom. The molecule has 1 aliphatic heterocycles. The van der Waals surface area contributed by atoms with E-state index >= 15 is 0 Å². The molecule has 0 aliphatic carbocycles. The van der Waals surface area contributed by atoms with Crippen molar-refractivity contribution in [3.63, 3.8) is 0 Å². The third-order valence-electron chi connectivity index (χ3n) is 4.25. The van der Waals surface area contributed by atoms with Crippen molar-refractivity contribution in [1.82, 2.24) is 9.38 Å². The smallest absolute Gasteiger partial charge is 0.264 e. The van der Waals surface area contributed by atoms with Crippen molar-refractivity contribution in [2.75, 3.05) is 18.6 Å². The summed E-state index contributed by atoms with van der Waals surface area (Å²) in [6.45, 7) is 2.02. The van der Waals surface area contributed by atoms with Crippen molar-refractivity contribution in [1.29, 1.82) is 0 Å². The van der Waals surface area contributed by atoms with Crippen LogP contribution in [-0.2, 0) is 4.79 Å². The molecule has 1 amide bonds. The van der Waals surface area contributed by atoms with Gasteiger partial charge in [-0.05, 0) is 42.8 Å². The summed E-state index contributed by atoms with van der Waals surface area (Å²) < 4.78 is 7.21. The first kappa shape index (κ1) is 14.4. The van der Waals surface area contributed by atoms with Crippen molar-refractivity contribution < 1.29 is 14.3 Å². The number of hydrogen-bond acceptors (Lipinski definition) is 4. The average molecular weight is 321 g/mol. The summed E-state index contributed by atoms with van der Waals surface area (Å²) in [5.41, 5.74) is 4.29. The highest BCUT2D eigenvalue weighted by molar-refractivity contribution is 5.98. The maximum absolute atomic E-state index is 11.8. The largest absolute Gasteiger partial charge is 0.482 e. The molecule has 1 aromatic carbocycles. The molecule has 0 atom stereocenters. The van der Waals surface area contributed by atoms with E-state index in [1.54, 1.807) is 22.4 Å². The molecule has 4 rings (SSSR count). The molecule has 0 fully saturated rings. The molecule has 24 heavy (non-hydrogen) atoms. The molecule has 2 aromatic heterocycles. The number of fused-ring (bicyclic) bond motifs is 2. The number of carbonyl (C=O) groups excluding carboxylic acids is 2. The molecular weight excluding hydrogens is 306 g/mol. The first-order chi connectivity index (χ1) is 11.6. The molecule has 0 radical (unpaired) electrons. The minimum atomic E-state index is -0.110. The number of imidazole rings is 1. The summed E-state index contributed by atoms with van der Waals surface area (Å²) in [7, 11) is 1.71. The lowest BCUT2D eigenvalue weighted by Gasteiger charge is -2.26. The molecule has 0 saturated carbocycles. The van der Waals surface area contributed by atoms with Gasteiger partial charge in [-0.3, -0.25) is 14.0 Å². The molecular formula is C18H15N3O3. The number of amides is 1. The second-order valence-electron chi connectivity index (χ2n) is 5.82. The molecule has 0 bridgehead atoms. The van der Waals surface area contributed by atoms with Gasteiger partial charge in [0.15, 0.2) is 12.9 Å². The van der Waals surface area contributed by atoms with Gasteiger partial charge in [0.1, 0.15) is 22.8 Å². The van der Waals surface area contributed by atoms with Gasteiger partial charge in [0.25, 0.3) is 5.91 Å². The number of aromatic nitrogens is 2. The van der Waals surface area contributed by atoms with Crippen molar-refractivity contribution in [3.05, 3.63) is 47.8 Å². The molecule has 1 aliphatic rings. The number of carbonyl (C=O) groups is 2. The molecule has 0 spiro atoms. The predicted octanol–water partition coefficient (Wildman–Crippen LogP) is 2.48. The number of anilines is 1. The van der Waals surface area contributed by atoms with Crippen LogP contribution < -0.4 is 9.64 Å². The molecule has 0 saturated heterocycles. The molecule has 6 heteroatoms. The molecule has 3 heterocycles. The molecule has 0 N–H and O–H groups in total. The summed E-state index contributed by atoms with van der Waals surface area (Å²) in [5, 5.41) is 0. The van der Waals surface area contributed by atoms with Gasteiger partial charge in [0.05, 0.1) is 5.69 Å². The number of rotatable bonds is 2. The second kappa shape index (κ2) is 5.19. The lowest BCUT2D eigenvalue weighted by molar-refractivity contribution is -0.120. The summed E-state index contributed by atoms with van der Waals surface area (Å²) in [6.07, 6.45) is 2.64. The fourth-order valence-corrected chi connectivity index (χ4v) is 2.91. The van der Waals surface area contributed by atoms with Gasteiger partial charge >= 0.3 is 0 Å². The van der Waals surface area contributed by atoms with E-state index in [9.17, 15) is 9.59 Å². The van der Waals surface area contributed by atoms with E-state index in [1.807, 2.05) is 37.4 Å². The Balaban J connectivity index is 1.92. The van der Waals surface area contributed by atoms with Crippen LogP contribution in [0, 0.1) is 6.92 Å². The Hall–Kier alpha value is -3.15. The van der Waals surface area contributed by atoms with Crippen LogP contribution in [0.1, 0.15) is 16.1 Å². The van der Waals surface area contributed by atoms with Crippen molar-refractivity contribution in [2.45, 2.75) is 6.92 Å². The first-order valence-corrected chi connectivity index (χ1v) is 7.56. The molecule has 3 aromatic rings. The summed E-state index contributed by atoms with van der Waals surface area (Å²) in [6, 6.07) is 9.34. The fourth-order valence-electron chi connectivity index (χ4n) is 2.91. The monoisotopic (exact) mass is 321 g/mol. The van der Waals surface area contributed by atoms with E-state index in [1.165, 1.54) is 0 Å². The average Bonchev–Trinajstić information content (AvgIpc) is 2.95. The lowest BCUT2D eigenvalue weighted by atomic mass is 10.1. The van der Waals surface area contributed by atoms with E-state index in [4.69, 9.17) is 4.74 Å². The van der Waals surface area contributed by atoms with Crippen LogP contribution in [0.15, 0.2) is 36.5 Å². The SMILES string of the molecule is Cc1ccn2c(C=O)c(-c3ccc4c(c3)N(C)C(=O)CO4)nc2c1. The molecule has 6 nitrogen and oxygen atoms in total. The fraction of sp³-hybridized carbons (Fsp3) is 0.167. The molecule has 120 valence electrons. The number of ether oxygens (including phenoxy) is 1. The number of benzene rings is 1. The van der Waals surface area contributed by atoms with Crippen LogP contribution in [0.2, 0.25) is 0 Å². The second-order valence-corrected chi connectivity index (χ2v) is 5.82. The zero-order chi connectivity index (χ0) is 16.8. The summed E-state index contributed by atoms with van der Waals surface area (Å²) in [5.74, 6) is 0.536. The summed E-state index contributed by atoms with van der Waals surface area (Å²) >= 11 is 0. The van der Waals surface area contributed by atoms with E-state index in [-0.39, 0.29) is 12.5 Å². The number of nitrogens with zero attached hydrogens (tertiary/aromatic N) is 3. The Morgan fingerprint density at radius 2 is 2.08 bits per heavy atom. The Bertz CT molecular complexity index is 991. The molecule has 0 unspecified atom stereocenters. The number of hydrogen-bond donors (Lipinski definition) is 0. The minimum absolute atomic E-state index is 0.0378. The topological polar surface area (TPSA) is 63.9 Å². The van der Waals surface area contributed by atoms with Crippen LogP contribution in [-0.4, -0.2) is 35.2 Å². The lowest BCUT2D eigenvalue weighted by Crippen LogP contribution is -2.35. The highest BCUT2D eigenvalue weighted by Gasteiger charge is 2.23. The van der Waals surface area contributed by atoms with E-state index < -0.39 is 0 Å². The van der Waals surface area contributed by atoms with Gasteiger partial charge in [-0.1, -0.05) is 0 Å². The van der Waals surface area contributed by atoms with Crippen LogP contribution in [0.3, 0.4) is 0 Å². The predicted molar refractivity (Wildman–Crippen MR) is 89.7 cm³/mol. The van der Waals surface area contributed by atoms with Crippen LogP contribution in [0.25, 0.3) is 16.9 Å². The van der Waals surface area contributed by atoms with Crippen LogP contribution >= 0.6 is 0 Å². The van der Waals surface area contributed by atoms with Crippen molar-refractivity contribution >= 4 is 23.5 Å². The Kier molecular flexibility index (Phi) is 3.13. The van der Waals surface area contributed by atoms with Crippen molar-refractivity contribution in [3.8, 4) is 17.0 Å². The van der Waals surface area contributed by atoms with Gasteiger partial charge in [0.2, 0.25) is 0 Å². The van der Waals surface area contributed by atoms with Crippen molar-refractivity contribution in [2.24, 2.45) is 0 Å². The van der Waals surface area contributed by atoms with Gasteiger partial charge in [-0.2, -0.15) is 0 Å². The standard InChI is InChI=1S/C18H15N3O3/c1-11-5-6-21-14(9-22)18(19-16(21)7-11)12-3-4-15-13(8-12)20(2)17(23)10-24-15/h3-9H,10H2,1-2H3. The highest BCUT2D eigenvalue weighted by Crippen LogP contribution is 2.36. The third kappa shape index (κ3) is 2.07. The van der Waals surface area contributed by atoms with Crippen LogP contribution in [0.4, 0.5) is 5.69 Å². The number of aldehydes is 1. The first-order valence-electron chi connectivity index (χ1n) is 7.56. The van der Waals surface area contributed by atoms with E-state index in [0.29, 0.717) is 28.5 Å². The zero-order valence-corrected chi connectivity index (χ0v) is 13.3. The quantitative estimate of drug-likeness (QED) is 0.680. The minimum Gasteiger partial charge on any atom is -0.482 e. The maximum Gasteiger partial charge on any atom is 0.264 e. The zero-order valence-electron chi connectivity index (χ0n) is 13.3. The normalized spacial score (nSPS) is 13.8. The van der Waals surface area contributed by atoms with Gasteiger partial charge < -0.3 is 9.64 Å². The number of pyridine rings is 1. The van der Waals surface area contributed by atoms with Gasteiger partial charge in [-0.15, -0.1) is 0 Å². The number of likely N-dealkylation sites (N-methyl/N-ethyl adjacent to an activating group) is 1.